The average Bonchev–Trinajstić information content (AvgIpc) is 2.79. The molecule has 1 heterocycles. The molecule has 20 heavy (non-hydrogen) atoms. The molecule has 0 aliphatic carbocycles. The Bertz CT molecular complexity index is 542. The lowest BCUT2D eigenvalue weighted by Gasteiger charge is -2.16. The van der Waals surface area contributed by atoms with Crippen LogP contribution in [0.25, 0.3) is 0 Å². The fraction of sp³-hybridized carbons (Fsp3) is 0.636. The summed E-state index contributed by atoms with van der Waals surface area (Å²) in [6.45, 7) is 3.42. The van der Waals surface area contributed by atoms with Crippen molar-refractivity contribution in [1.29, 1.82) is 0 Å². The zero-order valence-electron chi connectivity index (χ0n) is 11.7. The van der Waals surface area contributed by atoms with Crippen molar-refractivity contribution in [2.24, 2.45) is 0 Å². The highest BCUT2D eigenvalue weighted by molar-refractivity contribution is 7.98. The molecule has 2 N–H and O–H groups in total. The standard InChI is InChI=1S/C11H19N3O3S3/c1-4-20(16,17)14-9(5-6-18-3)10(15)13-11-12-7-8(2)19-11/h7,9,14H,4-6H2,1-3H3,(H,12,13,15). The monoisotopic (exact) mass is 337 g/mol. The van der Waals surface area contributed by atoms with E-state index in [1.165, 1.54) is 18.3 Å². The molecule has 1 aromatic heterocycles. The summed E-state index contributed by atoms with van der Waals surface area (Å²) < 4.78 is 25.7. The van der Waals surface area contributed by atoms with Crippen LogP contribution in [0.5, 0.6) is 0 Å². The molecule has 114 valence electrons. The van der Waals surface area contributed by atoms with E-state index in [0.717, 1.165) is 4.88 Å². The number of sulfonamides is 1. The molecule has 9 heteroatoms. The van der Waals surface area contributed by atoms with Gasteiger partial charge < -0.3 is 5.32 Å². The minimum atomic E-state index is -3.42. The molecule has 1 amide bonds. The van der Waals surface area contributed by atoms with Crippen molar-refractivity contribution >= 4 is 44.2 Å². The van der Waals surface area contributed by atoms with Gasteiger partial charge in [0.05, 0.1) is 5.75 Å². The first kappa shape index (κ1) is 17.4. The van der Waals surface area contributed by atoms with Crippen LogP contribution < -0.4 is 10.0 Å². The van der Waals surface area contributed by atoms with Crippen LogP contribution in [0.15, 0.2) is 6.20 Å². The summed E-state index contributed by atoms with van der Waals surface area (Å²) in [6.07, 6.45) is 4.01. The van der Waals surface area contributed by atoms with E-state index in [9.17, 15) is 13.2 Å². The first-order valence-electron chi connectivity index (χ1n) is 6.10. The summed E-state index contributed by atoms with van der Waals surface area (Å²) in [6, 6.07) is -0.767. The lowest BCUT2D eigenvalue weighted by Crippen LogP contribution is -2.44. The minimum absolute atomic E-state index is 0.0492. The van der Waals surface area contributed by atoms with Crippen LogP contribution in [-0.4, -0.2) is 43.1 Å². The fourth-order valence-corrected chi connectivity index (χ4v) is 3.35. The molecule has 1 atom stereocenters. The van der Waals surface area contributed by atoms with Crippen LogP contribution in [0.3, 0.4) is 0 Å². The summed E-state index contributed by atoms with van der Waals surface area (Å²) in [7, 11) is -3.42. The zero-order valence-corrected chi connectivity index (χ0v) is 14.1. The van der Waals surface area contributed by atoms with Gasteiger partial charge in [-0.15, -0.1) is 11.3 Å². The maximum atomic E-state index is 12.1. The number of amides is 1. The summed E-state index contributed by atoms with van der Waals surface area (Å²) >= 11 is 2.92. The maximum Gasteiger partial charge on any atom is 0.244 e. The Kier molecular flexibility index (Phi) is 6.93. The first-order chi connectivity index (χ1) is 9.38. The molecule has 1 unspecified atom stereocenters. The van der Waals surface area contributed by atoms with Gasteiger partial charge in [-0.3, -0.25) is 4.79 Å². The molecule has 0 saturated heterocycles. The number of thiazole rings is 1. The van der Waals surface area contributed by atoms with Crippen molar-refractivity contribution < 1.29 is 13.2 Å². The highest BCUT2D eigenvalue weighted by Gasteiger charge is 2.23. The third kappa shape index (κ3) is 5.78. The second-order valence-electron chi connectivity index (χ2n) is 4.12. The zero-order chi connectivity index (χ0) is 15.2. The lowest BCUT2D eigenvalue weighted by molar-refractivity contribution is -0.117. The van der Waals surface area contributed by atoms with E-state index in [1.807, 2.05) is 13.2 Å². The highest BCUT2D eigenvalue weighted by atomic mass is 32.2. The smallest absolute Gasteiger partial charge is 0.244 e. The van der Waals surface area contributed by atoms with Gasteiger partial charge >= 0.3 is 0 Å². The van der Waals surface area contributed by atoms with Crippen molar-refractivity contribution in [3.63, 3.8) is 0 Å². The van der Waals surface area contributed by atoms with Gasteiger partial charge in [-0.25, -0.2) is 18.1 Å². The average molecular weight is 337 g/mol. The predicted octanol–water partition coefficient (Wildman–Crippen LogP) is 1.45. The van der Waals surface area contributed by atoms with E-state index in [-0.39, 0.29) is 11.7 Å². The van der Waals surface area contributed by atoms with Gasteiger partial charge in [0.25, 0.3) is 0 Å². The Hall–Kier alpha value is -0.640. The van der Waals surface area contributed by atoms with Crippen molar-refractivity contribution in [3.8, 4) is 0 Å². The van der Waals surface area contributed by atoms with E-state index >= 15 is 0 Å². The van der Waals surface area contributed by atoms with Crippen molar-refractivity contribution in [1.82, 2.24) is 9.71 Å². The van der Waals surface area contributed by atoms with Crippen LogP contribution in [0, 0.1) is 6.92 Å². The van der Waals surface area contributed by atoms with Gasteiger partial charge in [0.1, 0.15) is 6.04 Å². The molecular weight excluding hydrogens is 318 g/mol. The molecule has 0 saturated carbocycles. The van der Waals surface area contributed by atoms with E-state index in [4.69, 9.17) is 0 Å². The van der Waals surface area contributed by atoms with Crippen molar-refractivity contribution in [2.45, 2.75) is 26.3 Å². The number of aryl methyl sites for hydroxylation is 1. The van der Waals surface area contributed by atoms with Crippen LogP contribution in [0.2, 0.25) is 0 Å². The van der Waals surface area contributed by atoms with Gasteiger partial charge in [0.2, 0.25) is 15.9 Å². The Morgan fingerprint density at radius 2 is 2.25 bits per heavy atom. The van der Waals surface area contributed by atoms with Gasteiger partial charge in [-0.1, -0.05) is 0 Å². The number of anilines is 1. The first-order valence-corrected chi connectivity index (χ1v) is 9.96. The number of rotatable bonds is 8. The minimum Gasteiger partial charge on any atom is -0.301 e. The second kappa shape index (κ2) is 7.96. The van der Waals surface area contributed by atoms with Crippen molar-refractivity contribution in [2.75, 3.05) is 23.1 Å². The van der Waals surface area contributed by atoms with Gasteiger partial charge in [0.15, 0.2) is 5.13 Å². The Labute approximate surface area is 127 Å². The van der Waals surface area contributed by atoms with Crippen molar-refractivity contribution in [3.05, 3.63) is 11.1 Å². The van der Waals surface area contributed by atoms with Gasteiger partial charge in [0, 0.05) is 11.1 Å². The predicted molar refractivity (Wildman–Crippen MR) is 84.9 cm³/mol. The summed E-state index contributed by atoms with van der Waals surface area (Å²) in [5.41, 5.74) is 0. The van der Waals surface area contributed by atoms with E-state index in [2.05, 4.69) is 15.0 Å². The SMILES string of the molecule is CCS(=O)(=O)NC(CCSC)C(=O)Nc1ncc(C)s1. The number of nitrogens with zero attached hydrogens (tertiary/aromatic N) is 1. The number of aromatic nitrogens is 1. The Morgan fingerprint density at radius 1 is 1.55 bits per heavy atom. The van der Waals surface area contributed by atoms with E-state index in [1.54, 1.807) is 18.0 Å². The number of thioether (sulfide) groups is 1. The van der Waals surface area contributed by atoms with Gasteiger partial charge in [-0.05, 0) is 32.3 Å². The molecule has 0 bridgehead atoms. The van der Waals surface area contributed by atoms with Crippen LogP contribution >= 0.6 is 23.1 Å². The fourth-order valence-electron chi connectivity index (χ4n) is 1.38. The molecule has 1 rings (SSSR count). The number of nitrogens with one attached hydrogen (secondary N) is 2. The Balaban J connectivity index is 2.73. The molecule has 0 aliphatic heterocycles. The molecule has 0 radical (unpaired) electrons. The molecule has 6 nitrogen and oxygen atoms in total. The number of hydrogen-bond donors (Lipinski definition) is 2. The van der Waals surface area contributed by atoms with E-state index < -0.39 is 16.1 Å². The molecule has 1 aromatic rings. The third-order valence-electron chi connectivity index (χ3n) is 2.48. The molecule has 0 spiro atoms. The normalized spacial score (nSPS) is 13.2. The molecule has 0 fully saturated rings. The van der Waals surface area contributed by atoms with Crippen LogP contribution in [0.4, 0.5) is 5.13 Å². The van der Waals surface area contributed by atoms with Crippen LogP contribution in [0.1, 0.15) is 18.2 Å². The summed E-state index contributed by atoms with van der Waals surface area (Å²) in [5, 5.41) is 3.13. The largest absolute Gasteiger partial charge is 0.301 e. The van der Waals surface area contributed by atoms with Crippen LogP contribution in [-0.2, 0) is 14.8 Å². The second-order valence-corrected chi connectivity index (χ2v) is 8.38. The Morgan fingerprint density at radius 3 is 2.75 bits per heavy atom. The topological polar surface area (TPSA) is 88.2 Å². The number of carbonyl (C=O) groups excluding carboxylic acids is 1. The molecule has 0 aliphatic rings. The van der Waals surface area contributed by atoms with Gasteiger partial charge in [-0.2, -0.15) is 11.8 Å². The number of hydrogen-bond acceptors (Lipinski definition) is 6. The molecular formula is C11H19N3O3S3. The maximum absolute atomic E-state index is 12.1. The third-order valence-corrected chi connectivity index (χ3v) is 5.36. The van der Waals surface area contributed by atoms with E-state index in [0.29, 0.717) is 17.3 Å². The highest BCUT2D eigenvalue weighted by Crippen LogP contribution is 2.17. The number of carbonyl (C=O) groups is 1. The molecule has 0 aromatic carbocycles. The summed E-state index contributed by atoms with van der Waals surface area (Å²) in [5.74, 6) is 0.276. The quantitative estimate of drug-likeness (QED) is 0.749. The lowest BCUT2D eigenvalue weighted by atomic mass is 10.2. The summed E-state index contributed by atoms with van der Waals surface area (Å²) in [4.78, 5) is 17.2.